The van der Waals surface area contributed by atoms with Crippen molar-refractivity contribution in [3.63, 3.8) is 0 Å². The fourth-order valence-electron chi connectivity index (χ4n) is 3.14. The molecule has 1 aliphatic heterocycles. The molecule has 2 N–H and O–H groups in total. The number of ether oxygens (including phenoxy) is 3. The Morgan fingerprint density at radius 1 is 1.21 bits per heavy atom. The Balaban J connectivity index is 1.59. The Morgan fingerprint density at radius 3 is 2.61 bits per heavy atom. The Bertz CT molecular complexity index is 946. The third-order valence-corrected chi connectivity index (χ3v) is 4.55. The van der Waals surface area contributed by atoms with Crippen LogP contribution in [0.25, 0.3) is 0 Å². The molecule has 2 heterocycles. The number of esters is 1. The lowest BCUT2D eigenvalue weighted by atomic mass is 10.1. The van der Waals surface area contributed by atoms with E-state index in [0.29, 0.717) is 28.3 Å². The summed E-state index contributed by atoms with van der Waals surface area (Å²) in [5, 5.41) is 2.72. The number of benzene rings is 1. The number of H-pyrrole nitrogens is 1. The Hall–Kier alpha value is -3.29. The summed E-state index contributed by atoms with van der Waals surface area (Å²) in [5.41, 5.74) is 2.59. The molecule has 1 aliphatic rings. The summed E-state index contributed by atoms with van der Waals surface area (Å²) in [6, 6.07) is 5.38. The number of carbonyl (C=O) groups is 3. The first-order valence-corrected chi connectivity index (χ1v) is 8.85. The number of amides is 1. The van der Waals surface area contributed by atoms with Gasteiger partial charge in [0.15, 0.2) is 23.4 Å². The minimum atomic E-state index is -0.995. The van der Waals surface area contributed by atoms with E-state index in [-0.39, 0.29) is 24.8 Å². The molecule has 2 aromatic rings. The predicted octanol–water partition coefficient (Wildman–Crippen LogP) is 2.42. The lowest BCUT2D eigenvalue weighted by Gasteiger charge is -2.13. The van der Waals surface area contributed by atoms with E-state index in [0.717, 1.165) is 5.56 Å². The van der Waals surface area contributed by atoms with Gasteiger partial charge in [-0.2, -0.15) is 0 Å². The van der Waals surface area contributed by atoms with E-state index in [1.165, 1.54) is 13.8 Å². The van der Waals surface area contributed by atoms with Gasteiger partial charge in [0, 0.05) is 17.8 Å². The van der Waals surface area contributed by atoms with E-state index in [1.807, 2.05) is 6.07 Å². The van der Waals surface area contributed by atoms with Crippen molar-refractivity contribution in [2.45, 2.75) is 40.3 Å². The number of carbonyl (C=O) groups excluding carboxylic acids is 3. The average Bonchev–Trinajstić information content (AvgIpc) is 3.22. The van der Waals surface area contributed by atoms with Gasteiger partial charge in [0.25, 0.3) is 5.91 Å². The summed E-state index contributed by atoms with van der Waals surface area (Å²) < 4.78 is 15.8. The largest absolute Gasteiger partial charge is 0.454 e. The minimum Gasteiger partial charge on any atom is -0.454 e. The summed E-state index contributed by atoms with van der Waals surface area (Å²) in [5.74, 6) is 0.0430. The molecule has 0 saturated carbocycles. The van der Waals surface area contributed by atoms with Gasteiger partial charge in [-0.15, -0.1) is 0 Å². The number of Topliss-reactive ketones (excluding diaryl/α,β-unsaturated/α-hetero) is 1. The SMILES string of the molecule is CC(=O)c1c(C)[nH]c(C(=O)O[C@H](C)C(=O)NCc2ccc3c(c2)OCO3)c1C. The van der Waals surface area contributed by atoms with E-state index < -0.39 is 18.0 Å². The van der Waals surface area contributed by atoms with Crippen LogP contribution in [-0.4, -0.2) is 35.5 Å². The molecule has 0 unspecified atom stereocenters. The van der Waals surface area contributed by atoms with Crippen LogP contribution in [0.3, 0.4) is 0 Å². The van der Waals surface area contributed by atoms with Crippen LogP contribution in [0, 0.1) is 13.8 Å². The molecule has 0 bridgehead atoms. The molecule has 0 fully saturated rings. The zero-order valence-corrected chi connectivity index (χ0v) is 16.2. The van der Waals surface area contributed by atoms with Crippen LogP contribution in [0.2, 0.25) is 0 Å². The fraction of sp³-hybridized carbons (Fsp3) is 0.350. The number of ketones is 1. The van der Waals surface area contributed by atoms with Gasteiger partial charge < -0.3 is 24.5 Å². The summed E-state index contributed by atoms with van der Waals surface area (Å²) in [6.45, 7) is 6.74. The van der Waals surface area contributed by atoms with Gasteiger partial charge >= 0.3 is 5.97 Å². The summed E-state index contributed by atoms with van der Waals surface area (Å²) in [7, 11) is 0. The highest BCUT2D eigenvalue weighted by atomic mass is 16.7. The van der Waals surface area contributed by atoms with Crippen molar-refractivity contribution >= 4 is 17.7 Å². The smallest absolute Gasteiger partial charge is 0.355 e. The van der Waals surface area contributed by atoms with Crippen LogP contribution in [0.5, 0.6) is 11.5 Å². The first-order valence-electron chi connectivity index (χ1n) is 8.85. The molecule has 0 spiro atoms. The molecule has 8 heteroatoms. The van der Waals surface area contributed by atoms with E-state index in [4.69, 9.17) is 14.2 Å². The summed E-state index contributed by atoms with van der Waals surface area (Å²) in [6.07, 6.45) is -0.995. The highest BCUT2D eigenvalue weighted by Gasteiger charge is 2.24. The maximum atomic E-state index is 12.4. The first kappa shape index (κ1) is 19.5. The molecule has 1 atom stereocenters. The van der Waals surface area contributed by atoms with E-state index in [9.17, 15) is 14.4 Å². The molecule has 1 amide bonds. The Labute approximate surface area is 162 Å². The van der Waals surface area contributed by atoms with Crippen LogP contribution in [0.15, 0.2) is 18.2 Å². The molecule has 148 valence electrons. The number of nitrogens with one attached hydrogen (secondary N) is 2. The zero-order valence-electron chi connectivity index (χ0n) is 16.2. The number of aryl methyl sites for hydroxylation is 1. The number of aromatic amines is 1. The lowest BCUT2D eigenvalue weighted by Crippen LogP contribution is -2.35. The predicted molar refractivity (Wildman–Crippen MR) is 99.6 cm³/mol. The van der Waals surface area contributed by atoms with E-state index in [2.05, 4.69) is 10.3 Å². The van der Waals surface area contributed by atoms with Crippen molar-refractivity contribution in [1.29, 1.82) is 0 Å². The molecular weight excluding hydrogens is 364 g/mol. The maximum absolute atomic E-state index is 12.4. The molecule has 8 nitrogen and oxygen atoms in total. The topological polar surface area (TPSA) is 107 Å². The third-order valence-electron chi connectivity index (χ3n) is 4.55. The maximum Gasteiger partial charge on any atom is 0.355 e. The van der Waals surface area contributed by atoms with Crippen molar-refractivity contribution in [1.82, 2.24) is 10.3 Å². The van der Waals surface area contributed by atoms with Crippen molar-refractivity contribution in [2.24, 2.45) is 0 Å². The quantitative estimate of drug-likeness (QED) is 0.583. The molecular formula is C20H22N2O6. The molecule has 0 radical (unpaired) electrons. The number of hydrogen-bond donors (Lipinski definition) is 2. The van der Waals surface area contributed by atoms with E-state index >= 15 is 0 Å². The second-order valence-electron chi connectivity index (χ2n) is 6.63. The van der Waals surface area contributed by atoms with Crippen LogP contribution < -0.4 is 14.8 Å². The van der Waals surface area contributed by atoms with Gasteiger partial charge in [0.2, 0.25) is 6.79 Å². The first-order chi connectivity index (χ1) is 13.3. The second-order valence-corrected chi connectivity index (χ2v) is 6.63. The van der Waals surface area contributed by atoms with Crippen molar-refractivity contribution in [2.75, 3.05) is 6.79 Å². The second kappa shape index (κ2) is 7.75. The summed E-state index contributed by atoms with van der Waals surface area (Å²) in [4.78, 5) is 39.2. The molecule has 1 aromatic carbocycles. The number of rotatable bonds is 6. The molecule has 3 rings (SSSR count). The standard InChI is InChI=1S/C20H22N2O6/c1-10-17(12(3)23)11(2)22-18(10)20(25)28-13(4)19(24)21-8-14-5-6-15-16(7-14)27-9-26-15/h5-7,13,22H,8-9H2,1-4H3,(H,21,24)/t13-/m1/s1. The van der Waals surface area contributed by atoms with Crippen molar-refractivity contribution < 1.29 is 28.6 Å². The van der Waals surface area contributed by atoms with Gasteiger partial charge in [-0.1, -0.05) is 6.07 Å². The monoisotopic (exact) mass is 386 g/mol. The van der Waals surface area contributed by atoms with Gasteiger partial charge in [-0.3, -0.25) is 9.59 Å². The number of aromatic nitrogens is 1. The lowest BCUT2D eigenvalue weighted by molar-refractivity contribution is -0.129. The highest BCUT2D eigenvalue weighted by molar-refractivity contribution is 6.01. The Morgan fingerprint density at radius 2 is 1.93 bits per heavy atom. The normalized spacial score (nSPS) is 13.1. The number of hydrogen-bond acceptors (Lipinski definition) is 6. The van der Waals surface area contributed by atoms with Gasteiger partial charge in [0.1, 0.15) is 5.69 Å². The number of fused-ring (bicyclic) bond motifs is 1. The molecule has 28 heavy (non-hydrogen) atoms. The zero-order chi connectivity index (χ0) is 20.4. The van der Waals surface area contributed by atoms with Crippen molar-refractivity contribution in [3.8, 4) is 11.5 Å². The molecule has 1 aromatic heterocycles. The van der Waals surface area contributed by atoms with Crippen molar-refractivity contribution in [3.05, 3.63) is 46.3 Å². The average molecular weight is 386 g/mol. The van der Waals surface area contributed by atoms with Gasteiger partial charge in [0.05, 0.1) is 0 Å². The van der Waals surface area contributed by atoms with Crippen LogP contribution in [0.4, 0.5) is 0 Å². The highest BCUT2D eigenvalue weighted by Crippen LogP contribution is 2.32. The van der Waals surface area contributed by atoms with Crippen LogP contribution >= 0.6 is 0 Å². The molecule has 0 saturated heterocycles. The minimum absolute atomic E-state index is 0.139. The molecule has 0 aliphatic carbocycles. The fourth-order valence-corrected chi connectivity index (χ4v) is 3.14. The van der Waals surface area contributed by atoms with Crippen LogP contribution in [-0.2, 0) is 16.1 Å². The summed E-state index contributed by atoms with van der Waals surface area (Å²) >= 11 is 0. The van der Waals surface area contributed by atoms with Crippen LogP contribution in [0.1, 0.15) is 51.5 Å². The van der Waals surface area contributed by atoms with Gasteiger partial charge in [-0.25, -0.2) is 4.79 Å². The third kappa shape index (κ3) is 3.85. The van der Waals surface area contributed by atoms with E-state index in [1.54, 1.807) is 26.0 Å². The Kier molecular flexibility index (Phi) is 5.39. The van der Waals surface area contributed by atoms with Gasteiger partial charge in [-0.05, 0) is 51.0 Å².